The molecule has 0 amide bonds. The second kappa shape index (κ2) is 11.1. The zero-order valence-electron chi connectivity index (χ0n) is 16.1. The molecule has 150 valence electrons. The van der Waals surface area contributed by atoms with Gasteiger partial charge in [-0.05, 0) is 57.6 Å². The third kappa shape index (κ3) is 7.84. The van der Waals surface area contributed by atoms with Gasteiger partial charge < -0.3 is 5.11 Å². The molecule has 0 fully saturated rings. The molecule has 26 heavy (non-hydrogen) atoms. The van der Waals surface area contributed by atoms with E-state index in [0.717, 1.165) is 11.1 Å². The van der Waals surface area contributed by atoms with Crippen molar-refractivity contribution in [3.8, 4) is 0 Å². The van der Waals surface area contributed by atoms with E-state index in [9.17, 15) is 17.7 Å². The van der Waals surface area contributed by atoms with Crippen LogP contribution in [-0.4, -0.2) is 47.9 Å². The fraction of sp³-hybridized carbons (Fsp3) is 0.667. The van der Waals surface area contributed by atoms with Gasteiger partial charge in [0.05, 0.1) is 16.2 Å². The summed E-state index contributed by atoms with van der Waals surface area (Å²) in [6, 6.07) is 7.94. The second-order valence-electron chi connectivity index (χ2n) is 6.88. The molecule has 1 aromatic rings. The molecule has 8 heteroatoms. The number of sulfonamides is 1. The Morgan fingerprint density at radius 2 is 1.73 bits per heavy atom. The molecule has 0 heterocycles. The lowest BCUT2D eigenvalue weighted by Crippen LogP contribution is -2.32. The molecule has 1 aromatic carbocycles. The van der Waals surface area contributed by atoms with Crippen molar-refractivity contribution in [1.82, 2.24) is 9.44 Å². The molecule has 6 nitrogen and oxygen atoms in total. The summed E-state index contributed by atoms with van der Waals surface area (Å²) in [6.07, 6.45) is 1.21. The predicted octanol–water partition coefficient (Wildman–Crippen LogP) is 1.68. The zero-order chi connectivity index (χ0) is 19.7. The highest BCUT2D eigenvalue weighted by Gasteiger charge is 2.15. The predicted molar refractivity (Wildman–Crippen MR) is 108 cm³/mol. The van der Waals surface area contributed by atoms with E-state index >= 15 is 0 Å². The lowest BCUT2D eigenvalue weighted by atomic mass is 9.95. The fourth-order valence-corrected chi connectivity index (χ4v) is 3.77. The van der Waals surface area contributed by atoms with Crippen molar-refractivity contribution >= 4 is 21.0 Å². The molecule has 3 N–H and O–H groups in total. The van der Waals surface area contributed by atoms with Crippen molar-refractivity contribution < 1.29 is 17.7 Å². The van der Waals surface area contributed by atoms with Crippen LogP contribution in [0.25, 0.3) is 0 Å². The highest BCUT2D eigenvalue weighted by Crippen LogP contribution is 2.20. The maximum atomic E-state index is 11.9. The molecule has 0 aliphatic rings. The molecule has 0 aliphatic heterocycles. The van der Waals surface area contributed by atoms with Crippen molar-refractivity contribution in [1.29, 1.82) is 0 Å². The minimum absolute atomic E-state index is 0.0433. The molecule has 2 unspecified atom stereocenters. The molecule has 0 bridgehead atoms. The third-order valence-electron chi connectivity index (χ3n) is 4.17. The lowest BCUT2D eigenvalue weighted by Gasteiger charge is -2.18. The summed E-state index contributed by atoms with van der Waals surface area (Å²) in [4.78, 5) is 0. The smallest absolute Gasteiger partial charge is 0.213 e. The Morgan fingerprint density at radius 1 is 1.12 bits per heavy atom. The minimum atomic E-state index is -3.23. The van der Waals surface area contributed by atoms with Crippen LogP contribution in [0.15, 0.2) is 24.3 Å². The Morgan fingerprint density at radius 3 is 2.23 bits per heavy atom. The number of hydrogen-bond donors (Lipinski definition) is 3. The van der Waals surface area contributed by atoms with Crippen LogP contribution in [-0.2, 0) is 27.4 Å². The number of aliphatic hydroxyl groups is 1. The summed E-state index contributed by atoms with van der Waals surface area (Å²) in [7, 11) is -4.32. The van der Waals surface area contributed by atoms with Crippen LogP contribution in [0.2, 0.25) is 0 Å². The number of benzene rings is 1. The highest BCUT2D eigenvalue weighted by molar-refractivity contribution is 7.90. The van der Waals surface area contributed by atoms with Gasteiger partial charge >= 0.3 is 0 Å². The van der Waals surface area contributed by atoms with Crippen LogP contribution in [0.5, 0.6) is 0 Å². The third-order valence-corrected chi connectivity index (χ3v) is 7.32. The summed E-state index contributed by atoms with van der Waals surface area (Å²) in [6.45, 7) is 8.07. The second-order valence-corrected chi connectivity index (χ2v) is 11.0. The topological polar surface area (TPSA) is 95.5 Å². The largest absolute Gasteiger partial charge is 0.396 e. The summed E-state index contributed by atoms with van der Waals surface area (Å²) >= 11 is 0. The van der Waals surface area contributed by atoms with E-state index < -0.39 is 26.3 Å². The monoisotopic (exact) mass is 404 g/mol. The van der Waals surface area contributed by atoms with Crippen molar-refractivity contribution in [2.24, 2.45) is 0 Å². The number of rotatable bonds is 12. The summed E-state index contributed by atoms with van der Waals surface area (Å²) in [5.41, 5.74) is 2.11. The quantitative estimate of drug-likeness (QED) is 0.494. The first-order chi connectivity index (χ1) is 12.2. The van der Waals surface area contributed by atoms with Gasteiger partial charge in [0.25, 0.3) is 0 Å². The molecule has 0 radical (unpaired) electrons. The van der Waals surface area contributed by atoms with Crippen LogP contribution in [0, 0.1) is 0 Å². The Kier molecular flexibility index (Phi) is 9.95. The van der Waals surface area contributed by atoms with Crippen molar-refractivity contribution in [3.05, 3.63) is 35.4 Å². The Hall–Kier alpha value is -0.800. The van der Waals surface area contributed by atoms with Gasteiger partial charge in [-0.3, -0.25) is 0 Å². The van der Waals surface area contributed by atoms with Crippen LogP contribution < -0.4 is 9.44 Å². The molecule has 2 atom stereocenters. The molecule has 0 spiro atoms. The number of hydrogen-bond acceptors (Lipinski definition) is 4. The van der Waals surface area contributed by atoms with Crippen LogP contribution in [0.1, 0.15) is 51.2 Å². The Balaban J connectivity index is 2.63. The summed E-state index contributed by atoms with van der Waals surface area (Å²) in [5.74, 6) is 0.0798. The van der Waals surface area contributed by atoms with Gasteiger partial charge in [0, 0.05) is 24.9 Å². The molecular weight excluding hydrogens is 372 g/mol. The average molecular weight is 405 g/mol. The Bertz CT molecular complexity index is 658. The van der Waals surface area contributed by atoms with Gasteiger partial charge in [-0.15, -0.1) is 0 Å². The van der Waals surface area contributed by atoms with Gasteiger partial charge in [0.2, 0.25) is 10.0 Å². The average Bonchev–Trinajstić information content (AvgIpc) is 2.58. The van der Waals surface area contributed by atoms with E-state index in [2.05, 4.69) is 9.44 Å². The molecule has 0 aliphatic carbocycles. The standard InChI is InChI=1S/C18H32N2O4S2/c1-14(2)25(22)19-13-18(10-12-21)17-7-5-16(6-8-17)9-11-20-26(23,24)15(3)4/h5-8,14-15,18-21H,9-13H2,1-4H3. The summed E-state index contributed by atoms with van der Waals surface area (Å²) < 4.78 is 41.0. The van der Waals surface area contributed by atoms with Crippen LogP contribution >= 0.6 is 0 Å². The summed E-state index contributed by atoms with van der Waals surface area (Å²) in [5, 5.41) is 8.90. The maximum absolute atomic E-state index is 11.9. The molecule has 0 aromatic heterocycles. The van der Waals surface area contributed by atoms with Gasteiger partial charge in [-0.2, -0.15) is 0 Å². The van der Waals surface area contributed by atoms with E-state index in [1.54, 1.807) is 13.8 Å². The molecule has 0 saturated heterocycles. The Labute approximate surface area is 160 Å². The van der Waals surface area contributed by atoms with Gasteiger partial charge in [-0.25, -0.2) is 22.1 Å². The first-order valence-electron chi connectivity index (χ1n) is 8.99. The van der Waals surface area contributed by atoms with Gasteiger partial charge in [-0.1, -0.05) is 24.3 Å². The SMILES string of the molecule is CC(C)S(=O)NCC(CCO)c1ccc(CCNS(=O)(=O)C(C)C)cc1. The van der Waals surface area contributed by atoms with Gasteiger partial charge in [0.15, 0.2) is 0 Å². The molecule has 1 rings (SSSR count). The van der Waals surface area contributed by atoms with Crippen molar-refractivity contribution in [2.75, 3.05) is 19.7 Å². The molecular formula is C18H32N2O4S2. The number of nitrogens with one attached hydrogen (secondary N) is 2. The zero-order valence-corrected chi connectivity index (χ0v) is 17.7. The minimum Gasteiger partial charge on any atom is -0.396 e. The normalized spacial score (nSPS) is 14.7. The van der Waals surface area contributed by atoms with E-state index in [1.165, 1.54) is 0 Å². The van der Waals surface area contributed by atoms with Crippen molar-refractivity contribution in [3.63, 3.8) is 0 Å². The highest BCUT2D eigenvalue weighted by atomic mass is 32.2. The fourth-order valence-electron chi connectivity index (χ4n) is 2.35. The lowest BCUT2D eigenvalue weighted by molar-refractivity contribution is 0.275. The van der Waals surface area contributed by atoms with Gasteiger partial charge in [0.1, 0.15) is 0 Å². The van der Waals surface area contributed by atoms with E-state index in [0.29, 0.717) is 25.9 Å². The van der Waals surface area contributed by atoms with Crippen molar-refractivity contribution in [2.45, 2.75) is 57.0 Å². The van der Waals surface area contributed by atoms with Crippen LogP contribution in [0.4, 0.5) is 0 Å². The first kappa shape index (κ1) is 23.2. The maximum Gasteiger partial charge on any atom is 0.213 e. The van der Waals surface area contributed by atoms with E-state index in [4.69, 9.17) is 0 Å². The van der Waals surface area contributed by atoms with E-state index in [-0.39, 0.29) is 17.8 Å². The van der Waals surface area contributed by atoms with E-state index in [1.807, 2.05) is 38.1 Å². The first-order valence-corrected chi connectivity index (χ1v) is 11.8. The van der Waals surface area contributed by atoms with Crippen LogP contribution in [0.3, 0.4) is 0 Å². The number of aliphatic hydroxyl groups excluding tert-OH is 1. The molecule has 0 saturated carbocycles.